The molecule has 23 heavy (non-hydrogen) atoms. The van der Waals surface area contributed by atoms with Crippen molar-refractivity contribution in [3.8, 4) is 0 Å². The molecule has 0 spiro atoms. The van der Waals surface area contributed by atoms with Crippen LogP contribution in [0.1, 0.15) is 23.6 Å². The highest BCUT2D eigenvalue weighted by Gasteiger charge is 2.31. The number of halogens is 2. The molecule has 5 heteroatoms. The number of para-hydroxylation sites is 1. The van der Waals surface area contributed by atoms with Crippen LogP contribution in [-0.4, -0.2) is 5.96 Å². The summed E-state index contributed by atoms with van der Waals surface area (Å²) >= 11 is 0. The zero-order valence-electron chi connectivity index (χ0n) is 12.8. The van der Waals surface area contributed by atoms with E-state index in [9.17, 15) is 8.78 Å². The maximum absolute atomic E-state index is 14.1. The van der Waals surface area contributed by atoms with E-state index < -0.39 is 5.82 Å². The van der Waals surface area contributed by atoms with Gasteiger partial charge in [0.1, 0.15) is 17.3 Å². The van der Waals surface area contributed by atoms with Gasteiger partial charge < -0.3 is 10.6 Å². The number of hydrogen-bond donors (Lipinski definition) is 1. The molecule has 1 atom stereocenters. The van der Waals surface area contributed by atoms with E-state index in [0.717, 1.165) is 5.56 Å². The summed E-state index contributed by atoms with van der Waals surface area (Å²) in [4.78, 5) is 5.93. The van der Waals surface area contributed by atoms with Crippen molar-refractivity contribution in [1.82, 2.24) is 0 Å². The average Bonchev–Trinajstić information content (AvgIpc) is 2.52. The van der Waals surface area contributed by atoms with Gasteiger partial charge in [0, 0.05) is 5.56 Å². The van der Waals surface area contributed by atoms with Gasteiger partial charge in [-0.05, 0) is 37.1 Å². The van der Waals surface area contributed by atoms with Crippen molar-refractivity contribution in [2.24, 2.45) is 10.7 Å². The molecule has 0 amide bonds. The maximum atomic E-state index is 14.1. The second-order valence-corrected chi connectivity index (χ2v) is 5.49. The van der Waals surface area contributed by atoms with Gasteiger partial charge in [-0.15, -0.1) is 6.58 Å². The third kappa shape index (κ3) is 2.59. The van der Waals surface area contributed by atoms with Gasteiger partial charge in [-0.1, -0.05) is 24.3 Å². The molecule has 1 heterocycles. The third-order valence-corrected chi connectivity index (χ3v) is 3.98. The van der Waals surface area contributed by atoms with Crippen molar-refractivity contribution >= 4 is 17.3 Å². The summed E-state index contributed by atoms with van der Waals surface area (Å²) in [5, 5.41) is 0. The Morgan fingerprint density at radius 3 is 2.83 bits per heavy atom. The van der Waals surface area contributed by atoms with Crippen LogP contribution in [0.3, 0.4) is 0 Å². The van der Waals surface area contributed by atoms with Crippen molar-refractivity contribution in [3.05, 3.63) is 71.8 Å². The van der Waals surface area contributed by atoms with Gasteiger partial charge in [0.2, 0.25) is 5.96 Å². The molecule has 0 radical (unpaired) electrons. The Labute approximate surface area is 133 Å². The van der Waals surface area contributed by atoms with Crippen LogP contribution in [0.2, 0.25) is 0 Å². The first-order valence-corrected chi connectivity index (χ1v) is 7.31. The fourth-order valence-corrected chi connectivity index (χ4v) is 2.91. The average molecular weight is 313 g/mol. The highest BCUT2D eigenvalue weighted by atomic mass is 19.1. The lowest BCUT2D eigenvalue weighted by atomic mass is 9.97. The minimum atomic E-state index is -0.421. The molecule has 2 aromatic rings. The number of guanidine groups is 1. The molecule has 1 aliphatic heterocycles. The van der Waals surface area contributed by atoms with Crippen LogP contribution in [0.5, 0.6) is 0 Å². The summed E-state index contributed by atoms with van der Waals surface area (Å²) in [5.74, 6) is -0.640. The molecule has 2 aromatic carbocycles. The SMILES string of the molecule is C=CCC1c2cccc(F)c2N=C(N)N1c1cc(F)ccc1C. The number of aliphatic imine (C=N–C) groups is 1. The van der Waals surface area contributed by atoms with E-state index in [-0.39, 0.29) is 23.5 Å². The van der Waals surface area contributed by atoms with Crippen LogP contribution < -0.4 is 10.6 Å². The molecule has 1 aliphatic rings. The Morgan fingerprint density at radius 2 is 2.09 bits per heavy atom. The van der Waals surface area contributed by atoms with Crippen molar-refractivity contribution in [2.45, 2.75) is 19.4 Å². The van der Waals surface area contributed by atoms with Crippen LogP contribution in [0.25, 0.3) is 0 Å². The van der Waals surface area contributed by atoms with E-state index in [0.29, 0.717) is 17.7 Å². The number of hydrogen-bond acceptors (Lipinski definition) is 3. The van der Waals surface area contributed by atoms with Gasteiger partial charge in [0.15, 0.2) is 0 Å². The summed E-state index contributed by atoms with van der Waals surface area (Å²) in [6, 6.07) is 9.01. The normalized spacial score (nSPS) is 16.7. The molecule has 0 saturated heterocycles. The van der Waals surface area contributed by atoms with E-state index in [1.807, 2.05) is 13.0 Å². The standard InChI is InChI=1S/C18H17F2N3/c1-3-5-15-13-6-4-7-14(20)17(13)22-18(21)23(15)16-10-12(19)9-8-11(16)2/h3-4,6-10,15H,1,5H2,2H3,(H2,21,22). The number of aryl methyl sites for hydroxylation is 1. The van der Waals surface area contributed by atoms with E-state index in [4.69, 9.17) is 5.73 Å². The molecule has 0 bridgehead atoms. The van der Waals surface area contributed by atoms with Gasteiger partial charge in [-0.3, -0.25) is 0 Å². The number of nitrogens with zero attached hydrogens (tertiary/aromatic N) is 2. The molecular formula is C18H17F2N3. The van der Waals surface area contributed by atoms with Gasteiger partial charge >= 0.3 is 0 Å². The topological polar surface area (TPSA) is 41.6 Å². The van der Waals surface area contributed by atoms with E-state index >= 15 is 0 Å². The minimum absolute atomic E-state index is 0.142. The Hall–Kier alpha value is -2.69. The minimum Gasteiger partial charge on any atom is -0.369 e. The molecule has 3 nitrogen and oxygen atoms in total. The van der Waals surface area contributed by atoms with Crippen LogP contribution in [0.4, 0.5) is 20.2 Å². The number of nitrogens with two attached hydrogens (primary N) is 1. The predicted molar refractivity (Wildman–Crippen MR) is 88.9 cm³/mol. The first kappa shape index (κ1) is 15.2. The fraction of sp³-hybridized carbons (Fsp3) is 0.167. The van der Waals surface area contributed by atoms with Crippen LogP contribution >= 0.6 is 0 Å². The highest BCUT2D eigenvalue weighted by molar-refractivity contribution is 6.00. The maximum Gasteiger partial charge on any atom is 0.201 e. The summed E-state index contributed by atoms with van der Waals surface area (Å²) in [6.07, 6.45) is 2.27. The zero-order valence-corrected chi connectivity index (χ0v) is 12.8. The summed E-state index contributed by atoms with van der Waals surface area (Å²) in [5.41, 5.74) is 8.51. The Bertz CT molecular complexity index is 799. The molecule has 118 valence electrons. The zero-order chi connectivity index (χ0) is 16.6. The van der Waals surface area contributed by atoms with Crippen molar-refractivity contribution in [2.75, 3.05) is 4.90 Å². The van der Waals surface area contributed by atoms with Gasteiger partial charge in [-0.2, -0.15) is 0 Å². The first-order valence-electron chi connectivity index (χ1n) is 7.31. The number of anilines is 1. The van der Waals surface area contributed by atoms with E-state index in [2.05, 4.69) is 11.6 Å². The van der Waals surface area contributed by atoms with Gasteiger partial charge in [-0.25, -0.2) is 13.8 Å². The number of rotatable bonds is 3. The van der Waals surface area contributed by atoms with Crippen LogP contribution in [-0.2, 0) is 0 Å². The molecule has 1 unspecified atom stereocenters. The second-order valence-electron chi connectivity index (χ2n) is 5.49. The lowest BCUT2D eigenvalue weighted by Crippen LogP contribution is -2.42. The second kappa shape index (κ2) is 5.83. The Kier molecular flexibility index (Phi) is 3.86. The Balaban J connectivity index is 2.21. The molecule has 0 fully saturated rings. The first-order chi connectivity index (χ1) is 11.0. The predicted octanol–water partition coefficient (Wildman–Crippen LogP) is 4.36. The van der Waals surface area contributed by atoms with Crippen LogP contribution in [0.15, 0.2) is 54.0 Å². The smallest absolute Gasteiger partial charge is 0.201 e. The highest BCUT2D eigenvalue weighted by Crippen LogP contribution is 2.41. The van der Waals surface area contributed by atoms with Crippen molar-refractivity contribution in [3.63, 3.8) is 0 Å². The van der Waals surface area contributed by atoms with Crippen molar-refractivity contribution in [1.29, 1.82) is 0 Å². The lowest BCUT2D eigenvalue weighted by molar-refractivity contribution is 0.613. The number of fused-ring (bicyclic) bond motifs is 1. The molecule has 0 saturated carbocycles. The molecule has 3 rings (SSSR count). The monoisotopic (exact) mass is 313 g/mol. The van der Waals surface area contributed by atoms with Crippen LogP contribution in [0, 0.1) is 18.6 Å². The molecule has 0 aliphatic carbocycles. The Morgan fingerprint density at radius 1 is 1.30 bits per heavy atom. The van der Waals surface area contributed by atoms with Gasteiger partial charge in [0.25, 0.3) is 0 Å². The largest absolute Gasteiger partial charge is 0.369 e. The lowest BCUT2D eigenvalue weighted by Gasteiger charge is -2.37. The summed E-state index contributed by atoms with van der Waals surface area (Å²) in [6.45, 7) is 5.64. The molecule has 0 aromatic heterocycles. The summed E-state index contributed by atoms with van der Waals surface area (Å²) < 4.78 is 27.8. The fourth-order valence-electron chi connectivity index (χ4n) is 2.91. The molecular weight excluding hydrogens is 296 g/mol. The number of benzene rings is 2. The van der Waals surface area contributed by atoms with Gasteiger partial charge in [0.05, 0.1) is 11.7 Å². The van der Waals surface area contributed by atoms with Crippen molar-refractivity contribution < 1.29 is 8.78 Å². The van der Waals surface area contributed by atoms with E-state index in [1.165, 1.54) is 18.2 Å². The third-order valence-electron chi connectivity index (χ3n) is 3.98. The van der Waals surface area contributed by atoms with E-state index in [1.54, 1.807) is 23.1 Å². The summed E-state index contributed by atoms with van der Waals surface area (Å²) in [7, 11) is 0. The quantitative estimate of drug-likeness (QED) is 0.856. The molecule has 2 N–H and O–H groups in total.